The van der Waals surface area contributed by atoms with E-state index in [0.717, 1.165) is 25.9 Å². The number of nitrogens with one attached hydrogen (secondary N) is 1. The molecule has 0 bridgehead atoms. The van der Waals surface area contributed by atoms with Gasteiger partial charge in [-0.25, -0.2) is 4.79 Å². The molecule has 1 heterocycles. The summed E-state index contributed by atoms with van der Waals surface area (Å²) in [6, 6.07) is 0. The molecule has 1 N–H and O–H groups in total. The fourth-order valence-electron chi connectivity index (χ4n) is 1.44. The summed E-state index contributed by atoms with van der Waals surface area (Å²) in [7, 11) is 1.37. The fraction of sp³-hybridized carbons (Fsp3) is 0.889. The first-order valence-corrected chi connectivity index (χ1v) is 4.58. The van der Waals surface area contributed by atoms with Crippen LogP contribution in [0.5, 0.6) is 0 Å². The molecule has 1 saturated heterocycles. The Morgan fingerprint density at radius 3 is 2.92 bits per heavy atom. The number of ether oxygens (including phenoxy) is 2. The van der Waals surface area contributed by atoms with Gasteiger partial charge in [-0.15, -0.1) is 0 Å². The number of hydrogen-bond acceptors (Lipinski definition) is 4. The van der Waals surface area contributed by atoms with Gasteiger partial charge >= 0.3 is 5.97 Å². The number of carbonyl (C=O) groups is 1. The first kappa shape index (κ1) is 10.5. The van der Waals surface area contributed by atoms with Crippen LogP contribution in [0.4, 0.5) is 0 Å². The molecular weight excluding hydrogens is 170 g/mol. The highest BCUT2D eigenvalue weighted by molar-refractivity contribution is 5.70. The molecule has 4 nitrogen and oxygen atoms in total. The zero-order valence-corrected chi connectivity index (χ0v) is 8.26. The third-order valence-corrected chi connectivity index (χ3v) is 2.32. The zero-order valence-electron chi connectivity index (χ0n) is 8.26. The lowest BCUT2D eigenvalue weighted by molar-refractivity contribution is -0.153. The number of piperidine rings is 1. The van der Waals surface area contributed by atoms with Crippen molar-refractivity contribution >= 4 is 5.97 Å². The first-order valence-electron chi connectivity index (χ1n) is 4.58. The lowest BCUT2D eigenvalue weighted by Gasteiger charge is -2.33. The van der Waals surface area contributed by atoms with Gasteiger partial charge in [0.25, 0.3) is 0 Å². The Bertz CT molecular complexity index is 176. The second kappa shape index (κ2) is 4.58. The molecule has 0 radical (unpaired) electrons. The largest absolute Gasteiger partial charge is 0.467 e. The number of esters is 1. The van der Waals surface area contributed by atoms with Gasteiger partial charge < -0.3 is 14.8 Å². The van der Waals surface area contributed by atoms with Crippen LogP contribution in [0.15, 0.2) is 0 Å². The van der Waals surface area contributed by atoms with E-state index in [1.165, 1.54) is 7.11 Å². The van der Waals surface area contributed by atoms with Crippen molar-refractivity contribution in [3.8, 4) is 0 Å². The molecule has 4 heteroatoms. The smallest absolute Gasteiger partial charge is 0.331 e. The van der Waals surface area contributed by atoms with Crippen LogP contribution in [0.3, 0.4) is 0 Å². The van der Waals surface area contributed by atoms with Gasteiger partial charge in [0, 0.05) is 6.54 Å². The lowest BCUT2D eigenvalue weighted by Crippen LogP contribution is -2.46. The van der Waals surface area contributed by atoms with Crippen LogP contribution in [0.2, 0.25) is 0 Å². The SMILES string of the molecule is COC(=O)COC1(C)CCCNC1. The van der Waals surface area contributed by atoms with Crippen molar-refractivity contribution in [3.63, 3.8) is 0 Å². The summed E-state index contributed by atoms with van der Waals surface area (Å²) in [4.78, 5) is 10.8. The number of methoxy groups -OCH3 is 1. The monoisotopic (exact) mass is 187 g/mol. The molecule has 1 fully saturated rings. The average molecular weight is 187 g/mol. The number of hydrogen-bond donors (Lipinski definition) is 1. The second-order valence-corrected chi connectivity index (χ2v) is 3.60. The molecule has 1 aliphatic rings. The quantitative estimate of drug-likeness (QED) is 0.646. The lowest BCUT2D eigenvalue weighted by atomic mass is 9.96. The molecule has 1 unspecified atom stereocenters. The summed E-state index contributed by atoms with van der Waals surface area (Å²) >= 11 is 0. The van der Waals surface area contributed by atoms with Crippen molar-refractivity contribution in [1.82, 2.24) is 5.32 Å². The second-order valence-electron chi connectivity index (χ2n) is 3.60. The van der Waals surface area contributed by atoms with Crippen molar-refractivity contribution in [1.29, 1.82) is 0 Å². The van der Waals surface area contributed by atoms with Gasteiger partial charge in [-0.05, 0) is 26.3 Å². The van der Waals surface area contributed by atoms with E-state index in [0.29, 0.717) is 0 Å². The van der Waals surface area contributed by atoms with Gasteiger partial charge in [0.2, 0.25) is 0 Å². The molecule has 1 aliphatic heterocycles. The topological polar surface area (TPSA) is 47.6 Å². The van der Waals surface area contributed by atoms with Gasteiger partial charge in [0.05, 0.1) is 12.7 Å². The minimum atomic E-state index is -0.313. The van der Waals surface area contributed by atoms with Gasteiger partial charge in [-0.3, -0.25) is 0 Å². The predicted octanol–water partition coefficient (Wildman–Crippen LogP) is 0.318. The van der Waals surface area contributed by atoms with Crippen LogP contribution in [-0.4, -0.2) is 38.4 Å². The van der Waals surface area contributed by atoms with E-state index in [2.05, 4.69) is 10.1 Å². The summed E-state index contributed by atoms with van der Waals surface area (Å²) in [5, 5.41) is 3.24. The Hall–Kier alpha value is -0.610. The molecule has 0 saturated carbocycles. The van der Waals surface area contributed by atoms with Gasteiger partial charge in [-0.1, -0.05) is 0 Å². The number of rotatable bonds is 3. The minimum Gasteiger partial charge on any atom is -0.467 e. The van der Waals surface area contributed by atoms with E-state index in [1.807, 2.05) is 6.92 Å². The Kier molecular flexibility index (Phi) is 3.69. The van der Waals surface area contributed by atoms with Crippen molar-refractivity contribution < 1.29 is 14.3 Å². The molecule has 0 aromatic heterocycles. The zero-order chi connectivity index (χ0) is 9.73. The molecule has 0 amide bonds. The van der Waals surface area contributed by atoms with Crippen molar-refractivity contribution in [2.75, 3.05) is 26.8 Å². The molecule has 0 aliphatic carbocycles. The van der Waals surface area contributed by atoms with E-state index < -0.39 is 0 Å². The third kappa shape index (κ3) is 3.32. The van der Waals surface area contributed by atoms with Crippen LogP contribution >= 0.6 is 0 Å². The Balaban J connectivity index is 2.28. The van der Waals surface area contributed by atoms with Gasteiger partial charge in [0.15, 0.2) is 0 Å². The predicted molar refractivity (Wildman–Crippen MR) is 48.5 cm³/mol. The molecule has 13 heavy (non-hydrogen) atoms. The van der Waals surface area contributed by atoms with E-state index in [9.17, 15) is 4.79 Å². The summed E-state index contributed by atoms with van der Waals surface area (Å²) in [6.07, 6.45) is 2.09. The highest BCUT2D eigenvalue weighted by Gasteiger charge is 2.28. The molecule has 0 aromatic rings. The summed E-state index contributed by atoms with van der Waals surface area (Å²) in [5.74, 6) is -0.313. The Labute approximate surface area is 78.6 Å². The molecule has 0 aromatic carbocycles. The highest BCUT2D eigenvalue weighted by Crippen LogP contribution is 2.19. The molecule has 1 rings (SSSR count). The maximum atomic E-state index is 10.8. The average Bonchev–Trinajstić information content (AvgIpc) is 2.15. The van der Waals surface area contributed by atoms with Gasteiger partial charge in [-0.2, -0.15) is 0 Å². The van der Waals surface area contributed by atoms with Crippen LogP contribution in [0, 0.1) is 0 Å². The molecule has 1 atom stereocenters. The third-order valence-electron chi connectivity index (χ3n) is 2.32. The molecular formula is C9H17NO3. The molecule has 0 spiro atoms. The Morgan fingerprint density at radius 2 is 2.38 bits per heavy atom. The fourth-order valence-corrected chi connectivity index (χ4v) is 1.44. The summed E-state index contributed by atoms with van der Waals surface area (Å²) < 4.78 is 9.99. The molecule has 76 valence electrons. The van der Waals surface area contributed by atoms with Crippen molar-refractivity contribution in [2.45, 2.75) is 25.4 Å². The van der Waals surface area contributed by atoms with Crippen molar-refractivity contribution in [3.05, 3.63) is 0 Å². The number of carbonyl (C=O) groups excluding carboxylic acids is 1. The summed E-state index contributed by atoms with van der Waals surface area (Å²) in [5.41, 5.74) is -0.202. The van der Waals surface area contributed by atoms with E-state index in [-0.39, 0.29) is 18.2 Å². The van der Waals surface area contributed by atoms with Crippen molar-refractivity contribution in [2.24, 2.45) is 0 Å². The van der Waals surface area contributed by atoms with E-state index in [1.54, 1.807) is 0 Å². The minimum absolute atomic E-state index is 0.0503. The van der Waals surface area contributed by atoms with Gasteiger partial charge in [0.1, 0.15) is 6.61 Å². The van der Waals surface area contributed by atoms with Crippen LogP contribution in [0.25, 0.3) is 0 Å². The van der Waals surface area contributed by atoms with E-state index in [4.69, 9.17) is 4.74 Å². The Morgan fingerprint density at radius 1 is 1.62 bits per heavy atom. The summed E-state index contributed by atoms with van der Waals surface area (Å²) in [6.45, 7) is 3.91. The normalized spacial score (nSPS) is 28.5. The highest BCUT2D eigenvalue weighted by atomic mass is 16.6. The first-order chi connectivity index (χ1) is 6.16. The van der Waals surface area contributed by atoms with E-state index >= 15 is 0 Å². The maximum absolute atomic E-state index is 10.8. The standard InChI is InChI=1S/C9H17NO3/c1-9(4-3-5-10-7-9)13-6-8(11)12-2/h10H,3-7H2,1-2H3. The maximum Gasteiger partial charge on any atom is 0.331 e. The van der Waals surface area contributed by atoms with Crippen LogP contribution < -0.4 is 5.32 Å². The van der Waals surface area contributed by atoms with Crippen LogP contribution in [-0.2, 0) is 14.3 Å². The van der Waals surface area contributed by atoms with Crippen LogP contribution in [0.1, 0.15) is 19.8 Å².